The zero-order valence-corrected chi connectivity index (χ0v) is 11.9. The minimum Gasteiger partial charge on any atom is -0.371 e. The lowest BCUT2D eigenvalue weighted by molar-refractivity contribution is -0.131. The number of carbonyl (C=O) groups is 1. The molecule has 1 fully saturated rings. The van der Waals surface area contributed by atoms with Crippen molar-refractivity contribution in [2.24, 2.45) is 0 Å². The Balaban J connectivity index is 1.86. The summed E-state index contributed by atoms with van der Waals surface area (Å²) in [5, 5.41) is 3.24. The molecule has 0 saturated carbocycles. The molecule has 20 heavy (non-hydrogen) atoms. The number of nitrogens with one attached hydrogen (secondary N) is 1. The summed E-state index contributed by atoms with van der Waals surface area (Å²) >= 11 is 0. The lowest BCUT2D eigenvalue weighted by Crippen LogP contribution is -2.47. The van der Waals surface area contributed by atoms with Crippen LogP contribution in [0.5, 0.6) is 0 Å². The van der Waals surface area contributed by atoms with Gasteiger partial charge in [-0.15, -0.1) is 0 Å². The summed E-state index contributed by atoms with van der Waals surface area (Å²) in [5.41, 5.74) is 0.960. The minimum atomic E-state index is -0.235. The minimum absolute atomic E-state index is 0.201. The van der Waals surface area contributed by atoms with E-state index in [-0.39, 0.29) is 11.7 Å². The Morgan fingerprint density at radius 3 is 2.55 bits per heavy atom. The lowest BCUT2D eigenvalue weighted by Gasteiger charge is -2.29. The van der Waals surface area contributed by atoms with Crippen molar-refractivity contribution in [1.82, 2.24) is 10.2 Å². The third-order valence-electron chi connectivity index (χ3n) is 3.64. The van der Waals surface area contributed by atoms with Gasteiger partial charge in [-0.3, -0.25) is 4.79 Å². The quantitative estimate of drug-likeness (QED) is 0.886. The van der Waals surface area contributed by atoms with Crippen LogP contribution >= 0.6 is 0 Å². The maximum absolute atomic E-state index is 12.9. The fraction of sp³-hybridized carbons (Fsp3) is 0.533. The summed E-state index contributed by atoms with van der Waals surface area (Å²) in [7, 11) is 0. The van der Waals surface area contributed by atoms with Crippen molar-refractivity contribution in [2.75, 3.05) is 44.2 Å². The van der Waals surface area contributed by atoms with Crippen LogP contribution in [-0.4, -0.2) is 50.1 Å². The van der Waals surface area contributed by atoms with Gasteiger partial charge in [-0.25, -0.2) is 4.39 Å². The molecule has 1 amide bonds. The van der Waals surface area contributed by atoms with Crippen LogP contribution in [0.2, 0.25) is 0 Å². The molecule has 0 aliphatic carbocycles. The second kappa shape index (κ2) is 7.24. The second-order valence-corrected chi connectivity index (χ2v) is 4.94. The van der Waals surface area contributed by atoms with Gasteiger partial charge in [0.15, 0.2) is 0 Å². The molecule has 1 aliphatic heterocycles. The molecule has 0 unspecified atom stereocenters. The molecule has 1 heterocycles. The predicted octanol–water partition coefficient (Wildman–Crippen LogP) is 1.47. The summed E-state index contributed by atoms with van der Waals surface area (Å²) in [4.78, 5) is 16.1. The van der Waals surface area contributed by atoms with Gasteiger partial charge >= 0.3 is 0 Å². The third-order valence-corrected chi connectivity index (χ3v) is 3.64. The molecule has 1 saturated heterocycles. The summed E-state index contributed by atoms with van der Waals surface area (Å²) in [6, 6.07) is 6.43. The number of hydrogen-bond donors (Lipinski definition) is 1. The Labute approximate surface area is 119 Å². The van der Waals surface area contributed by atoms with Crippen LogP contribution in [0.1, 0.15) is 13.3 Å². The van der Waals surface area contributed by atoms with Crippen molar-refractivity contribution in [1.29, 1.82) is 0 Å². The first-order chi connectivity index (χ1) is 9.70. The normalized spacial score (nSPS) is 15.2. The molecule has 0 spiro atoms. The maximum Gasteiger partial charge on any atom is 0.224 e. The van der Waals surface area contributed by atoms with Crippen molar-refractivity contribution in [3.63, 3.8) is 0 Å². The fourth-order valence-electron chi connectivity index (χ4n) is 2.42. The van der Waals surface area contributed by atoms with Gasteiger partial charge in [-0.05, 0) is 31.2 Å². The number of halogens is 1. The lowest BCUT2D eigenvalue weighted by atomic mass is 10.2. The molecule has 2 rings (SSSR count). The SMILES string of the molecule is CCN(CCC(=O)N1CCNCC1)c1ccc(F)cc1. The third kappa shape index (κ3) is 3.93. The molecule has 0 atom stereocenters. The highest BCUT2D eigenvalue weighted by Gasteiger charge is 2.16. The van der Waals surface area contributed by atoms with Gasteiger partial charge in [0.2, 0.25) is 5.91 Å². The molecule has 4 nitrogen and oxygen atoms in total. The summed E-state index contributed by atoms with van der Waals surface area (Å²) < 4.78 is 12.9. The van der Waals surface area contributed by atoms with E-state index >= 15 is 0 Å². The molecule has 0 radical (unpaired) electrons. The molecule has 1 N–H and O–H groups in total. The van der Waals surface area contributed by atoms with E-state index in [4.69, 9.17) is 0 Å². The van der Waals surface area contributed by atoms with E-state index in [2.05, 4.69) is 10.2 Å². The first kappa shape index (κ1) is 14.8. The van der Waals surface area contributed by atoms with Crippen LogP contribution in [0.25, 0.3) is 0 Å². The van der Waals surface area contributed by atoms with Crippen LogP contribution in [0, 0.1) is 5.82 Å². The van der Waals surface area contributed by atoms with E-state index in [0.717, 1.165) is 38.4 Å². The molecule has 0 bridgehead atoms. The Morgan fingerprint density at radius 2 is 1.95 bits per heavy atom. The van der Waals surface area contributed by atoms with Crippen molar-refractivity contribution in [2.45, 2.75) is 13.3 Å². The average molecular weight is 279 g/mol. The molecule has 1 aromatic rings. The Bertz CT molecular complexity index is 429. The monoisotopic (exact) mass is 279 g/mol. The first-order valence-electron chi connectivity index (χ1n) is 7.19. The predicted molar refractivity (Wildman–Crippen MR) is 78.4 cm³/mol. The number of rotatable bonds is 5. The molecular formula is C15H22FN3O. The number of nitrogens with zero attached hydrogens (tertiary/aromatic N) is 2. The molecule has 1 aromatic carbocycles. The number of carbonyl (C=O) groups excluding carboxylic acids is 1. The molecule has 1 aliphatic rings. The van der Waals surface area contributed by atoms with Gasteiger partial charge in [0, 0.05) is 51.4 Å². The molecule has 5 heteroatoms. The largest absolute Gasteiger partial charge is 0.371 e. The smallest absolute Gasteiger partial charge is 0.224 e. The van der Waals surface area contributed by atoms with Gasteiger partial charge in [0.25, 0.3) is 0 Å². The van der Waals surface area contributed by atoms with Gasteiger partial charge in [0.05, 0.1) is 0 Å². The van der Waals surface area contributed by atoms with Crippen molar-refractivity contribution < 1.29 is 9.18 Å². The van der Waals surface area contributed by atoms with Crippen molar-refractivity contribution in [3.05, 3.63) is 30.1 Å². The Kier molecular flexibility index (Phi) is 5.35. The average Bonchev–Trinajstić information content (AvgIpc) is 2.50. The van der Waals surface area contributed by atoms with Gasteiger partial charge < -0.3 is 15.1 Å². The Morgan fingerprint density at radius 1 is 1.30 bits per heavy atom. The van der Waals surface area contributed by atoms with Gasteiger partial charge in [0.1, 0.15) is 5.82 Å². The van der Waals surface area contributed by atoms with Crippen molar-refractivity contribution in [3.8, 4) is 0 Å². The van der Waals surface area contributed by atoms with E-state index in [0.29, 0.717) is 13.0 Å². The number of anilines is 1. The standard InChI is InChI=1S/C15H22FN3O/c1-2-18(14-5-3-13(16)4-6-14)10-7-15(20)19-11-8-17-9-12-19/h3-6,17H,2,7-12H2,1H3. The zero-order chi connectivity index (χ0) is 14.4. The Hall–Kier alpha value is -1.62. The summed E-state index contributed by atoms with van der Waals surface area (Å²) in [6.07, 6.45) is 0.505. The number of amides is 1. The molecular weight excluding hydrogens is 257 g/mol. The van der Waals surface area contributed by atoms with E-state index < -0.39 is 0 Å². The summed E-state index contributed by atoms with van der Waals surface area (Å²) in [6.45, 7) is 6.86. The highest BCUT2D eigenvalue weighted by Crippen LogP contribution is 2.15. The fourth-order valence-corrected chi connectivity index (χ4v) is 2.42. The topological polar surface area (TPSA) is 35.6 Å². The number of hydrogen-bond acceptors (Lipinski definition) is 3. The van der Waals surface area contributed by atoms with Crippen molar-refractivity contribution >= 4 is 11.6 Å². The summed E-state index contributed by atoms with van der Waals surface area (Å²) in [5.74, 6) is -0.0336. The van der Waals surface area contributed by atoms with E-state index in [9.17, 15) is 9.18 Å². The maximum atomic E-state index is 12.9. The molecule has 110 valence electrons. The van der Waals surface area contributed by atoms with Crippen LogP contribution < -0.4 is 10.2 Å². The highest BCUT2D eigenvalue weighted by atomic mass is 19.1. The van der Waals surface area contributed by atoms with Gasteiger partial charge in [-0.2, -0.15) is 0 Å². The number of piperazine rings is 1. The van der Waals surface area contributed by atoms with Crippen LogP contribution in [-0.2, 0) is 4.79 Å². The second-order valence-electron chi connectivity index (χ2n) is 4.94. The number of benzene rings is 1. The van der Waals surface area contributed by atoms with Gasteiger partial charge in [-0.1, -0.05) is 0 Å². The zero-order valence-electron chi connectivity index (χ0n) is 11.9. The van der Waals surface area contributed by atoms with E-state index in [1.54, 1.807) is 12.1 Å². The van der Waals surface area contributed by atoms with E-state index in [1.165, 1.54) is 12.1 Å². The highest BCUT2D eigenvalue weighted by molar-refractivity contribution is 5.77. The van der Waals surface area contributed by atoms with Crippen LogP contribution in [0.3, 0.4) is 0 Å². The first-order valence-corrected chi connectivity index (χ1v) is 7.19. The van der Waals surface area contributed by atoms with Crippen LogP contribution in [0.4, 0.5) is 10.1 Å². The molecule has 0 aromatic heterocycles. The van der Waals surface area contributed by atoms with Crippen LogP contribution in [0.15, 0.2) is 24.3 Å². The van der Waals surface area contributed by atoms with E-state index in [1.807, 2.05) is 11.8 Å².